The fraction of sp³-hybridized carbons (Fsp3) is 0.433. The van der Waals surface area contributed by atoms with Crippen molar-refractivity contribution < 1.29 is 9.18 Å². The molecule has 3 atom stereocenters. The predicted octanol–water partition coefficient (Wildman–Crippen LogP) is 6.41. The molecule has 0 saturated heterocycles. The number of nitrogens with zero attached hydrogens (tertiary/aromatic N) is 4. The van der Waals surface area contributed by atoms with Crippen LogP contribution in [-0.4, -0.2) is 20.7 Å². The van der Waals surface area contributed by atoms with E-state index in [0.717, 1.165) is 36.2 Å². The van der Waals surface area contributed by atoms with Crippen LogP contribution in [-0.2, 0) is 23.1 Å². The van der Waals surface area contributed by atoms with Crippen LogP contribution in [0.5, 0.6) is 0 Å². The quantitative estimate of drug-likeness (QED) is 0.407. The highest BCUT2D eigenvalue weighted by Gasteiger charge is 2.49. The molecule has 0 unspecified atom stereocenters. The first-order valence-electron chi connectivity index (χ1n) is 13.0. The minimum atomic E-state index is -0.531. The van der Waals surface area contributed by atoms with Crippen molar-refractivity contribution in [3.63, 3.8) is 0 Å². The largest absolute Gasteiger partial charge is 0.308 e. The van der Waals surface area contributed by atoms with Gasteiger partial charge in [-0.25, -0.2) is 19.2 Å². The summed E-state index contributed by atoms with van der Waals surface area (Å²) in [7, 11) is 0. The number of allylic oxidation sites excluding steroid dienone is 2. The molecule has 0 aliphatic heterocycles. The smallest absolute Gasteiger partial charge is 0.226 e. The second-order valence-electron chi connectivity index (χ2n) is 10.9. The Morgan fingerprint density at radius 2 is 1.97 bits per heavy atom. The van der Waals surface area contributed by atoms with Gasteiger partial charge in [0.05, 0.1) is 12.3 Å². The van der Waals surface area contributed by atoms with Gasteiger partial charge < -0.3 is 4.79 Å². The van der Waals surface area contributed by atoms with Crippen LogP contribution < -0.4 is 0 Å². The second kappa shape index (κ2) is 8.58. The number of carbonyl (C=O) groups excluding carboxylic acids is 1. The molecule has 1 fully saturated rings. The van der Waals surface area contributed by atoms with Crippen molar-refractivity contribution in [1.82, 2.24) is 15.0 Å². The SMILES string of the molecule is [C-]#[N+]C1=C[C@@]2(C)c3nc(-c4ccnc5c(F)cccc45)nc(CC4CCCC4)c3CC[C@@H]2[C@@H](C)C1=O. The van der Waals surface area contributed by atoms with E-state index in [1.54, 1.807) is 12.3 Å². The summed E-state index contributed by atoms with van der Waals surface area (Å²) >= 11 is 0. The van der Waals surface area contributed by atoms with E-state index < -0.39 is 5.41 Å². The van der Waals surface area contributed by atoms with E-state index in [-0.39, 0.29) is 29.1 Å². The first-order chi connectivity index (χ1) is 17.4. The molecule has 1 aromatic carbocycles. The Labute approximate surface area is 210 Å². The van der Waals surface area contributed by atoms with E-state index in [0.29, 0.717) is 22.6 Å². The van der Waals surface area contributed by atoms with Gasteiger partial charge in [-0.3, -0.25) is 4.98 Å². The molecule has 0 amide bonds. The number of ketones is 1. The number of para-hydroxylation sites is 1. The van der Waals surface area contributed by atoms with Gasteiger partial charge in [-0.05, 0) is 48.8 Å². The Hall–Kier alpha value is -3.46. The van der Waals surface area contributed by atoms with Gasteiger partial charge in [-0.15, -0.1) is 0 Å². The van der Waals surface area contributed by atoms with Crippen LogP contribution >= 0.6 is 0 Å². The minimum Gasteiger partial charge on any atom is -0.308 e. The lowest BCUT2D eigenvalue weighted by Crippen LogP contribution is -2.46. The van der Waals surface area contributed by atoms with E-state index >= 15 is 0 Å². The summed E-state index contributed by atoms with van der Waals surface area (Å²) in [5, 5.41) is 0.686. The number of carbonyl (C=O) groups is 1. The molecular weight excluding hydrogens is 451 g/mol. The third kappa shape index (κ3) is 3.48. The molecule has 182 valence electrons. The fourth-order valence-corrected chi connectivity index (χ4v) is 6.93. The summed E-state index contributed by atoms with van der Waals surface area (Å²) in [6, 6.07) is 6.83. The average Bonchev–Trinajstić information content (AvgIpc) is 3.39. The topological polar surface area (TPSA) is 60.1 Å². The highest BCUT2D eigenvalue weighted by atomic mass is 19.1. The summed E-state index contributed by atoms with van der Waals surface area (Å²) in [6.45, 7) is 11.7. The summed E-state index contributed by atoms with van der Waals surface area (Å²) in [6.07, 6.45) is 11.0. The van der Waals surface area contributed by atoms with Crippen LogP contribution in [0.2, 0.25) is 0 Å². The zero-order chi connectivity index (χ0) is 25.0. The molecule has 5 nitrogen and oxygen atoms in total. The van der Waals surface area contributed by atoms with Crippen molar-refractivity contribution >= 4 is 16.7 Å². The van der Waals surface area contributed by atoms with Crippen molar-refractivity contribution in [3.05, 3.63) is 76.4 Å². The first-order valence-corrected chi connectivity index (χ1v) is 13.0. The lowest BCUT2D eigenvalue weighted by molar-refractivity contribution is -0.121. The van der Waals surface area contributed by atoms with Crippen molar-refractivity contribution in [2.45, 2.75) is 64.2 Å². The van der Waals surface area contributed by atoms with Gasteiger partial charge in [0.15, 0.2) is 11.6 Å². The average molecular weight is 481 g/mol. The van der Waals surface area contributed by atoms with Crippen molar-refractivity contribution in [2.75, 3.05) is 0 Å². The summed E-state index contributed by atoms with van der Waals surface area (Å²) in [5.41, 5.74) is 3.93. The Bertz CT molecular complexity index is 1470. The normalized spacial score (nSPS) is 25.8. The highest BCUT2D eigenvalue weighted by molar-refractivity contribution is 6.00. The van der Waals surface area contributed by atoms with E-state index in [1.165, 1.54) is 37.3 Å². The summed E-state index contributed by atoms with van der Waals surface area (Å²) in [5.74, 6) is 0.599. The van der Waals surface area contributed by atoms with Gasteiger partial charge >= 0.3 is 0 Å². The van der Waals surface area contributed by atoms with Gasteiger partial charge in [0.25, 0.3) is 0 Å². The van der Waals surface area contributed by atoms with Crippen LogP contribution in [0.4, 0.5) is 4.39 Å². The number of hydrogen-bond acceptors (Lipinski definition) is 4. The van der Waals surface area contributed by atoms with Crippen LogP contribution in [0.15, 0.2) is 42.2 Å². The maximum atomic E-state index is 14.6. The summed E-state index contributed by atoms with van der Waals surface area (Å²) in [4.78, 5) is 31.0. The molecule has 6 rings (SSSR count). The molecular formula is C30H29FN4O. The van der Waals surface area contributed by atoms with E-state index in [1.807, 2.05) is 25.1 Å². The van der Waals surface area contributed by atoms with E-state index in [2.05, 4.69) is 16.8 Å². The van der Waals surface area contributed by atoms with Crippen LogP contribution in [0.25, 0.3) is 27.1 Å². The van der Waals surface area contributed by atoms with E-state index in [4.69, 9.17) is 16.5 Å². The third-order valence-electron chi connectivity index (χ3n) is 8.82. The van der Waals surface area contributed by atoms with Gasteiger partial charge in [-0.2, -0.15) is 0 Å². The number of fused-ring (bicyclic) bond motifs is 4. The molecule has 1 saturated carbocycles. The molecule has 0 bridgehead atoms. The van der Waals surface area contributed by atoms with Crippen LogP contribution in [0, 0.1) is 30.1 Å². The zero-order valence-electron chi connectivity index (χ0n) is 20.7. The maximum Gasteiger partial charge on any atom is 0.226 e. The number of Topliss-reactive ketones (excluding diaryl/α,β-unsaturated/α-hetero) is 1. The molecule has 3 aliphatic rings. The van der Waals surface area contributed by atoms with Crippen LogP contribution in [0.1, 0.15) is 62.9 Å². The lowest BCUT2D eigenvalue weighted by atomic mass is 9.58. The van der Waals surface area contributed by atoms with Crippen molar-refractivity contribution in [1.29, 1.82) is 0 Å². The molecule has 3 aromatic rings. The van der Waals surface area contributed by atoms with Crippen LogP contribution in [0.3, 0.4) is 0 Å². The Morgan fingerprint density at radius 1 is 1.17 bits per heavy atom. The second-order valence-corrected chi connectivity index (χ2v) is 10.9. The highest BCUT2D eigenvalue weighted by Crippen LogP contribution is 2.50. The van der Waals surface area contributed by atoms with Gasteiger partial charge in [-0.1, -0.05) is 57.7 Å². The fourth-order valence-electron chi connectivity index (χ4n) is 6.93. The monoisotopic (exact) mass is 480 g/mol. The number of aromatic nitrogens is 3. The molecule has 3 aliphatic carbocycles. The third-order valence-corrected chi connectivity index (χ3v) is 8.82. The molecule has 36 heavy (non-hydrogen) atoms. The number of rotatable bonds is 3. The molecule has 0 N–H and O–H groups in total. The minimum absolute atomic E-state index is 0.0630. The standard InChI is InChI=1S/C30H29FN4O/c1-17-22-12-11-21-24(15-18-7-4-5-8-18)34-29(20-13-14-33-26-19(20)9-6-10-23(26)31)35-28(21)30(22,2)16-25(32-3)27(17)36/h6,9-10,13-14,16-18,22H,4-5,7-8,11-12,15H2,1-2H3/t17-,22-,30-/m1/s1. The molecule has 2 heterocycles. The maximum absolute atomic E-state index is 14.6. The molecule has 6 heteroatoms. The van der Waals surface area contributed by atoms with Gasteiger partial charge in [0.2, 0.25) is 5.70 Å². The first kappa shape index (κ1) is 23.0. The zero-order valence-corrected chi connectivity index (χ0v) is 20.7. The number of hydrogen-bond donors (Lipinski definition) is 0. The molecule has 0 radical (unpaired) electrons. The van der Waals surface area contributed by atoms with Crippen molar-refractivity contribution in [2.24, 2.45) is 17.8 Å². The van der Waals surface area contributed by atoms with Crippen molar-refractivity contribution in [3.8, 4) is 11.4 Å². The number of pyridine rings is 1. The number of halogens is 1. The van der Waals surface area contributed by atoms with Gasteiger partial charge in [0, 0.05) is 34.2 Å². The Kier molecular flexibility index (Phi) is 5.48. The predicted molar refractivity (Wildman–Crippen MR) is 136 cm³/mol. The Morgan fingerprint density at radius 3 is 2.75 bits per heavy atom. The Balaban J connectivity index is 1.60. The molecule has 0 spiro atoms. The molecule has 2 aromatic heterocycles. The lowest BCUT2D eigenvalue weighted by Gasteiger charge is -2.46. The number of benzene rings is 1. The van der Waals surface area contributed by atoms with E-state index in [9.17, 15) is 9.18 Å². The van der Waals surface area contributed by atoms with Gasteiger partial charge in [0.1, 0.15) is 11.3 Å². The summed E-state index contributed by atoms with van der Waals surface area (Å²) < 4.78 is 14.6.